The number of carbonyl (C=O) groups is 1. The average molecular weight is 308 g/mol. The minimum Gasteiger partial charge on any atom is -0.377 e. The smallest absolute Gasteiger partial charge is 0.319 e. The predicted molar refractivity (Wildman–Crippen MR) is 88.9 cm³/mol. The molecule has 0 bridgehead atoms. The number of thioether (sulfide) groups is 1. The number of nitrogens with one attached hydrogen (secondary N) is 2. The number of amides is 2. The fourth-order valence-electron chi connectivity index (χ4n) is 2.61. The maximum absolute atomic E-state index is 12.1. The Labute approximate surface area is 131 Å². The van der Waals surface area contributed by atoms with Crippen LogP contribution in [0.15, 0.2) is 24.3 Å². The van der Waals surface area contributed by atoms with Gasteiger partial charge < -0.3 is 15.4 Å². The molecule has 2 amide bonds. The summed E-state index contributed by atoms with van der Waals surface area (Å²) < 4.78 is 5.43. The first-order valence-electron chi connectivity index (χ1n) is 7.49. The van der Waals surface area contributed by atoms with Crippen molar-refractivity contribution in [3.8, 4) is 0 Å². The highest BCUT2D eigenvalue weighted by molar-refractivity contribution is 7.99. The van der Waals surface area contributed by atoms with Crippen LogP contribution >= 0.6 is 11.8 Å². The van der Waals surface area contributed by atoms with Crippen LogP contribution in [-0.2, 0) is 11.3 Å². The summed E-state index contributed by atoms with van der Waals surface area (Å²) >= 11 is 1.89. The number of urea groups is 1. The molecule has 0 spiro atoms. The average Bonchev–Trinajstić information content (AvgIpc) is 2.94. The van der Waals surface area contributed by atoms with E-state index in [4.69, 9.17) is 4.74 Å². The summed E-state index contributed by atoms with van der Waals surface area (Å²) in [5, 5.41) is 6.69. The molecule has 1 saturated carbocycles. The SMILES string of the molecule is CCOCc1ccccc1NC(=O)NC1CCC(SC)C1. The summed E-state index contributed by atoms with van der Waals surface area (Å²) in [6.45, 7) is 3.15. The number of ether oxygens (including phenoxy) is 1. The number of carbonyl (C=O) groups excluding carboxylic acids is 1. The molecule has 0 heterocycles. The minimum absolute atomic E-state index is 0.120. The first-order valence-corrected chi connectivity index (χ1v) is 8.77. The largest absolute Gasteiger partial charge is 0.377 e. The number of benzene rings is 1. The molecule has 0 aliphatic heterocycles. The van der Waals surface area contributed by atoms with Gasteiger partial charge in [-0.2, -0.15) is 11.8 Å². The Balaban J connectivity index is 1.87. The molecule has 116 valence electrons. The van der Waals surface area contributed by atoms with Gasteiger partial charge in [-0.15, -0.1) is 0 Å². The highest BCUT2D eigenvalue weighted by Gasteiger charge is 2.25. The third-order valence-corrected chi connectivity index (χ3v) is 4.88. The van der Waals surface area contributed by atoms with E-state index in [2.05, 4.69) is 16.9 Å². The van der Waals surface area contributed by atoms with Crippen LogP contribution in [0.3, 0.4) is 0 Å². The van der Waals surface area contributed by atoms with Crippen molar-refractivity contribution in [2.75, 3.05) is 18.2 Å². The highest BCUT2D eigenvalue weighted by Crippen LogP contribution is 2.28. The van der Waals surface area contributed by atoms with Crippen molar-refractivity contribution in [1.29, 1.82) is 0 Å². The van der Waals surface area contributed by atoms with Crippen LogP contribution in [0.1, 0.15) is 31.7 Å². The predicted octanol–water partition coefficient (Wildman–Crippen LogP) is 3.63. The van der Waals surface area contributed by atoms with Crippen LogP contribution in [0.25, 0.3) is 0 Å². The summed E-state index contributed by atoms with van der Waals surface area (Å²) in [5.74, 6) is 0. The molecule has 0 radical (unpaired) electrons. The molecule has 2 rings (SSSR count). The summed E-state index contributed by atoms with van der Waals surface area (Å²) in [6, 6.07) is 7.94. The van der Waals surface area contributed by atoms with Crippen LogP contribution in [0, 0.1) is 0 Å². The lowest BCUT2D eigenvalue weighted by Crippen LogP contribution is -2.36. The molecule has 0 saturated heterocycles. The van der Waals surface area contributed by atoms with E-state index in [1.807, 2.05) is 43.0 Å². The third-order valence-electron chi connectivity index (χ3n) is 3.78. The molecule has 1 fully saturated rings. The fourth-order valence-corrected chi connectivity index (χ4v) is 3.41. The van der Waals surface area contributed by atoms with Crippen molar-refractivity contribution >= 4 is 23.5 Å². The Morgan fingerprint density at radius 3 is 2.90 bits per heavy atom. The lowest BCUT2D eigenvalue weighted by molar-refractivity contribution is 0.134. The standard InChI is InChI=1S/C16H24N2O2S/c1-3-20-11-12-6-4-5-7-15(12)18-16(19)17-13-8-9-14(10-13)21-2/h4-7,13-14H,3,8-11H2,1-2H3,(H2,17,18,19). The van der Waals surface area contributed by atoms with Gasteiger partial charge in [-0.1, -0.05) is 18.2 Å². The molecule has 2 unspecified atom stereocenters. The third kappa shape index (κ3) is 4.93. The van der Waals surface area contributed by atoms with Gasteiger partial charge in [0.15, 0.2) is 0 Å². The van der Waals surface area contributed by atoms with Gasteiger partial charge >= 0.3 is 6.03 Å². The van der Waals surface area contributed by atoms with Crippen molar-refractivity contribution in [3.05, 3.63) is 29.8 Å². The Bertz CT molecular complexity index is 467. The fraction of sp³-hybridized carbons (Fsp3) is 0.562. The lowest BCUT2D eigenvalue weighted by atomic mass is 10.2. The Kier molecular flexibility index (Phi) is 6.39. The molecule has 1 aliphatic carbocycles. The number of anilines is 1. The Morgan fingerprint density at radius 1 is 1.38 bits per heavy atom. The van der Waals surface area contributed by atoms with Crippen molar-refractivity contribution in [3.63, 3.8) is 0 Å². The van der Waals surface area contributed by atoms with E-state index in [1.165, 1.54) is 6.42 Å². The second kappa shape index (κ2) is 8.29. The zero-order chi connectivity index (χ0) is 15.1. The van der Waals surface area contributed by atoms with E-state index in [0.717, 1.165) is 24.1 Å². The molecule has 5 heteroatoms. The van der Waals surface area contributed by atoms with Crippen LogP contribution in [0.2, 0.25) is 0 Å². The maximum Gasteiger partial charge on any atom is 0.319 e. The normalized spacial score (nSPS) is 21.2. The van der Waals surface area contributed by atoms with Gasteiger partial charge in [0, 0.05) is 29.1 Å². The van der Waals surface area contributed by atoms with Crippen molar-refractivity contribution < 1.29 is 9.53 Å². The van der Waals surface area contributed by atoms with E-state index in [1.54, 1.807) is 0 Å². The summed E-state index contributed by atoms with van der Waals surface area (Å²) in [6.07, 6.45) is 5.46. The molecular weight excluding hydrogens is 284 g/mol. The zero-order valence-corrected chi connectivity index (χ0v) is 13.5. The van der Waals surface area contributed by atoms with Crippen LogP contribution in [0.5, 0.6) is 0 Å². The number of para-hydroxylation sites is 1. The monoisotopic (exact) mass is 308 g/mol. The Morgan fingerprint density at radius 2 is 2.19 bits per heavy atom. The van der Waals surface area contributed by atoms with Crippen molar-refractivity contribution in [2.45, 2.75) is 44.1 Å². The second-order valence-corrected chi connectivity index (χ2v) is 6.40. The molecule has 21 heavy (non-hydrogen) atoms. The minimum atomic E-state index is -0.120. The van der Waals surface area contributed by atoms with Crippen molar-refractivity contribution in [2.24, 2.45) is 0 Å². The van der Waals surface area contributed by atoms with E-state index in [0.29, 0.717) is 24.5 Å². The molecule has 0 aromatic heterocycles. The molecule has 1 aromatic rings. The van der Waals surface area contributed by atoms with Gasteiger partial charge in [0.05, 0.1) is 6.61 Å². The first kappa shape index (κ1) is 16.2. The maximum atomic E-state index is 12.1. The van der Waals surface area contributed by atoms with Crippen LogP contribution in [0.4, 0.5) is 10.5 Å². The first-order chi connectivity index (χ1) is 10.2. The topological polar surface area (TPSA) is 50.4 Å². The molecule has 2 atom stereocenters. The second-order valence-electron chi connectivity index (χ2n) is 5.26. The van der Waals surface area contributed by atoms with E-state index < -0.39 is 0 Å². The number of rotatable bonds is 6. The Hall–Kier alpha value is -1.20. The van der Waals surface area contributed by atoms with E-state index >= 15 is 0 Å². The highest BCUT2D eigenvalue weighted by atomic mass is 32.2. The van der Waals surface area contributed by atoms with Crippen molar-refractivity contribution in [1.82, 2.24) is 5.32 Å². The molecule has 4 nitrogen and oxygen atoms in total. The number of hydrogen-bond acceptors (Lipinski definition) is 3. The quantitative estimate of drug-likeness (QED) is 0.844. The molecule has 2 N–H and O–H groups in total. The zero-order valence-electron chi connectivity index (χ0n) is 12.7. The van der Waals surface area contributed by atoms with E-state index in [9.17, 15) is 4.79 Å². The number of hydrogen-bond donors (Lipinski definition) is 2. The summed E-state index contributed by atoms with van der Waals surface area (Å²) in [4.78, 5) is 12.1. The van der Waals surface area contributed by atoms with Gasteiger partial charge in [-0.3, -0.25) is 0 Å². The van der Waals surface area contributed by atoms with Crippen LogP contribution < -0.4 is 10.6 Å². The summed E-state index contributed by atoms with van der Waals surface area (Å²) in [7, 11) is 0. The van der Waals surface area contributed by atoms with Gasteiger partial charge in [0.25, 0.3) is 0 Å². The van der Waals surface area contributed by atoms with Gasteiger partial charge in [0.1, 0.15) is 0 Å². The summed E-state index contributed by atoms with van der Waals surface area (Å²) in [5.41, 5.74) is 1.82. The molecule has 1 aromatic carbocycles. The van der Waals surface area contributed by atoms with Gasteiger partial charge in [0.2, 0.25) is 0 Å². The van der Waals surface area contributed by atoms with Gasteiger partial charge in [-0.25, -0.2) is 4.79 Å². The molecule has 1 aliphatic rings. The lowest BCUT2D eigenvalue weighted by Gasteiger charge is -2.15. The molecular formula is C16H24N2O2S. The van der Waals surface area contributed by atoms with E-state index in [-0.39, 0.29) is 6.03 Å². The van der Waals surface area contributed by atoms with Crippen LogP contribution in [-0.4, -0.2) is 30.2 Å². The van der Waals surface area contributed by atoms with Gasteiger partial charge in [-0.05, 0) is 38.5 Å².